The molecule has 0 amide bonds. The van der Waals surface area contributed by atoms with Crippen LogP contribution in [0, 0.1) is 15.9 Å². The first-order chi connectivity index (χ1) is 10.6. The second-order valence-electron chi connectivity index (χ2n) is 4.29. The number of hydrogen-bond donors (Lipinski definition) is 4. The summed E-state index contributed by atoms with van der Waals surface area (Å²) >= 11 is 22.9. The van der Waals surface area contributed by atoms with Gasteiger partial charge in [-0.05, 0) is 6.08 Å². The van der Waals surface area contributed by atoms with E-state index in [9.17, 15) is 14.5 Å². The Morgan fingerprint density at radius 1 is 1.43 bits per heavy atom. The predicted molar refractivity (Wildman–Crippen MR) is 98.4 cm³/mol. The van der Waals surface area contributed by atoms with Crippen molar-refractivity contribution in [1.29, 1.82) is 0 Å². The lowest BCUT2D eigenvalue weighted by molar-refractivity contribution is -0.387. The molecule has 0 saturated carbocycles. The van der Waals surface area contributed by atoms with E-state index in [1.165, 1.54) is 12.3 Å². The van der Waals surface area contributed by atoms with Crippen LogP contribution in [0.5, 0.6) is 5.75 Å². The molecule has 124 valence electrons. The minimum atomic E-state index is -1.61. The van der Waals surface area contributed by atoms with Crippen LogP contribution >= 0.6 is 62.1 Å². The summed E-state index contributed by atoms with van der Waals surface area (Å²) in [5, 5.41) is 10.6. The molecule has 1 aliphatic rings. The van der Waals surface area contributed by atoms with Crippen LogP contribution < -0.4 is 4.74 Å². The Hall–Kier alpha value is -0.680. The highest BCUT2D eigenvalue weighted by molar-refractivity contribution is 8.00. The van der Waals surface area contributed by atoms with Crippen molar-refractivity contribution in [2.75, 3.05) is 0 Å². The maximum absolute atomic E-state index is 13.5. The molecule has 0 spiro atoms. The van der Waals surface area contributed by atoms with Gasteiger partial charge in [0, 0.05) is 11.0 Å². The molecule has 0 aromatic heterocycles. The first-order valence-corrected chi connectivity index (χ1v) is 8.08. The first-order valence-electron chi connectivity index (χ1n) is 5.84. The maximum atomic E-state index is 13.5. The smallest absolute Gasteiger partial charge is 0.308 e. The third-order valence-electron chi connectivity index (χ3n) is 2.76. The average molecular weight is 414 g/mol. The fourth-order valence-electron chi connectivity index (χ4n) is 1.73. The van der Waals surface area contributed by atoms with Gasteiger partial charge in [0.1, 0.15) is 5.75 Å². The second kappa shape index (κ2) is 7.06. The molecule has 1 aromatic rings. The van der Waals surface area contributed by atoms with Crippen LogP contribution in [0.25, 0.3) is 0 Å². The summed E-state index contributed by atoms with van der Waals surface area (Å²) in [6.07, 6.45) is 2.92. The Kier molecular flexibility index (Phi) is 5.72. The summed E-state index contributed by atoms with van der Waals surface area (Å²) in [6, 6.07) is 1.63. The summed E-state index contributed by atoms with van der Waals surface area (Å²) in [5.74, 6) is -1.25. The molecule has 1 aliphatic heterocycles. The summed E-state index contributed by atoms with van der Waals surface area (Å²) in [6.45, 7) is 0. The third-order valence-corrected chi connectivity index (χ3v) is 4.49. The molecular formula is C12H9ClFNO4S4. The van der Waals surface area contributed by atoms with Gasteiger partial charge >= 0.3 is 5.69 Å². The van der Waals surface area contributed by atoms with Crippen molar-refractivity contribution in [3.8, 4) is 5.75 Å². The average Bonchev–Trinajstić information content (AvgIpc) is 2.40. The van der Waals surface area contributed by atoms with Gasteiger partial charge in [-0.25, -0.2) is 0 Å². The zero-order valence-corrected chi connectivity index (χ0v) is 15.3. The highest BCUT2D eigenvalue weighted by atomic mass is 35.5. The lowest BCUT2D eigenvalue weighted by atomic mass is 10.2. The fourth-order valence-corrected chi connectivity index (χ4v) is 3.80. The number of hydrogen-bond acceptors (Lipinski definition) is 8. The van der Waals surface area contributed by atoms with Gasteiger partial charge in [0.25, 0.3) is 0 Å². The highest BCUT2D eigenvalue weighted by Crippen LogP contribution is 2.43. The van der Waals surface area contributed by atoms with Crippen molar-refractivity contribution in [1.82, 2.24) is 0 Å². The van der Waals surface area contributed by atoms with Crippen LogP contribution in [-0.2, 0) is 4.74 Å². The highest BCUT2D eigenvalue weighted by Gasteiger charge is 2.37. The molecule has 0 aliphatic carbocycles. The van der Waals surface area contributed by atoms with E-state index >= 15 is 0 Å². The Balaban J connectivity index is 2.43. The number of benzene rings is 1. The number of allylic oxidation sites excluding steroid dienone is 1. The molecule has 11 heteroatoms. The second-order valence-corrected chi connectivity index (χ2v) is 7.26. The third kappa shape index (κ3) is 4.05. The molecular weight excluding hydrogens is 405 g/mol. The lowest BCUT2D eigenvalue weighted by Crippen LogP contribution is -2.32. The maximum Gasteiger partial charge on any atom is 0.308 e. The molecule has 1 unspecified atom stereocenters. The molecule has 0 fully saturated rings. The zero-order valence-electron chi connectivity index (χ0n) is 11.0. The molecule has 0 saturated heterocycles. The largest absolute Gasteiger partial charge is 0.483 e. The molecule has 2 rings (SSSR count). The number of thiol groups is 4. The van der Waals surface area contributed by atoms with Gasteiger partial charge in [-0.15, -0.1) is 50.5 Å². The van der Waals surface area contributed by atoms with E-state index in [4.69, 9.17) is 21.1 Å². The molecule has 1 atom stereocenters. The van der Waals surface area contributed by atoms with Crippen molar-refractivity contribution < 1.29 is 18.8 Å². The Morgan fingerprint density at radius 3 is 2.65 bits per heavy atom. The van der Waals surface area contributed by atoms with E-state index in [0.717, 1.165) is 12.1 Å². The minimum Gasteiger partial charge on any atom is -0.483 e. The molecule has 0 N–H and O–H groups in total. The molecule has 1 heterocycles. The van der Waals surface area contributed by atoms with Crippen molar-refractivity contribution in [2.24, 2.45) is 0 Å². The molecule has 0 radical (unpaired) electrons. The van der Waals surface area contributed by atoms with Gasteiger partial charge in [-0.1, -0.05) is 11.6 Å². The number of nitrogens with zero attached hydrogens (tertiary/aromatic N) is 1. The molecule has 1 aromatic carbocycles. The molecule has 0 bridgehead atoms. The predicted octanol–water partition coefficient (Wildman–Crippen LogP) is 4.26. The van der Waals surface area contributed by atoms with Crippen LogP contribution in [-0.4, -0.2) is 14.6 Å². The van der Waals surface area contributed by atoms with Gasteiger partial charge in [0.2, 0.25) is 10.1 Å². The summed E-state index contributed by atoms with van der Waals surface area (Å²) in [4.78, 5) is 10.4. The topological polar surface area (TPSA) is 61.6 Å². The first kappa shape index (κ1) is 18.7. The van der Waals surface area contributed by atoms with Crippen LogP contribution in [0.3, 0.4) is 0 Å². The van der Waals surface area contributed by atoms with Crippen molar-refractivity contribution in [2.45, 2.75) is 9.70 Å². The SMILES string of the molecule is O=[N+]([O-])c1cc(OC(S)(S)C2=C(S)C=COC2S)c(Cl)cc1F. The van der Waals surface area contributed by atoms with Crippen LogP contribution in [0.15, 0.2) is 34.9 Å². The van der Waals surface area contributed by atoms with Crippen molar-refractivity contribution >= 4 is 67.8 Å². The van der Waals surface area contributed by atoms with Gasteiger partial charge in [0.15, 0.2) is 5.44 Å². The van der Waals surface area contributed by atoms with Gasteiger partial charge in [-0.2, -0.15) is 4.39 Å². The Bertz CT molecular complexity index is 725. The van der Waals surface area contributed by atoms with E-state index < -0.39 is 26.1 Å². The lowest BCUT2D eigenvalue weighted by Gasteiger charge is -2.32. The van der Waals surface area contributed by atoms with E-state index in [1.54, 1.807) is 0 Å². The Morgan fingerprint density at radius 2 is 2.09 bits per heavy atom. The number of nitro groups is 1. The summed E-state index contributed by atoms with van der Waals surface area (Å²) < 4.78 is 22.6. The zero-order chi connectivity index (χ0) is 17.4. The van der Waals surface area contributed by atoms with Crippen LogP contribution in [0.1, 0.15) is 0 Å². The Labute approximate surface area is 157 Å². The van der Waals surface area contributed by atoms with E-state index in [0.29, 0.717) is 10.5 Å². The van der Waals surface area contributed by atoms with Crippen molar-refractivity contribution in [3.05, 3.63) is 55.9 Å². The number of nitro benzene ring substituents is 1. The molecule has 23 heavy (non-hydrogen) atoms. The van der Waals surface area contributed by atoms with E-state index in [1.807, 2.05) is 0 Å². The number of halogens is 2. The van der Waals surface area contributed by atoms with E-state index in [-0.39, 0.29) is 10.8 Å². The van der Waals surface area contributed by atoms with Gasteiger partial charge < -0.3 is 9.47 Å². The summed E-state index contributed by atoms with van der Waals surface area (Å²) in [7, 11) is 0. The summed E-state index contributed by atoms with van der Waals surface area (Å²) in [5.41, 5.74) is -1.21. The van der Waals surface area contributed by atoms with Gasteiger partial charge in [-0.3, -0.25) is 10.1 Å². The number of rotatable bonds is 4. The standard InChI is InChI=1S/C12H9ClFNO4S4/c13-5-3-6(14)7(15(16)17)4-8(5)19-12(22,23)10-9(20)1-2-18-11(10)21/h1-4,11,20-23H. The van der Waals surface area contributed by atoms with E-state index in [2.05, 4.69) is 50.5 Å². The monoisotopic (exact) mass is 413 g/mol. The minimum absolute atomic E-state index is 0.173. The number of ether oxygens (including phenoxy) is 2. The normalized spacial score (nSPS) is 17.9. The van der Waals surface area contributed by atoms with Crippen molar-refractivity contribution in [3.63, 3.8) is 0 Å². The van der Waals surface area contributed by atoms with Gasteiger partial charge in [0.05, 0.1) is 27.8 Å². The van der Waals surface area contributed by atoms with Crippen LogP contribution in [0.4, 0.5) is 10.1 Å². The fraction of sp³-hybridized carbons (Fsp3) is 0.167. The quantitative estimate of drug-likeness (QED) is 0.258. The van der Waals surface area contributed by atoms with Crippen LogP contribution in [0.2, 0.25) is 5.02 Å². The molecule has 5 nitrogen and oxygen atoms in total.